The first-order chi connectivity index (χ1) is 12.2. The third-order valence-corrected chi connectivity index (χ3v) is 5.65. The van der Waals surface area contributed by atoms with Crippen molar-refractivity contribution in [1.29, 1.82) is 0 Å². The third-order valence-electron chi connectivity index (χ3n) is 5.65. The summed E-state index contributed by atoms with van der Waals surface area (Å²) in [5.74, 6) is 0.625. The minimum absolute atomic E-state index is 0. The molecular formula is C20H28ClN3O2. The van der Waals surface area contributed by atoms with Gasteiger partial charge in [-0.05, 0) is 50.2 Å². The van der Waals surface area contributed by atoms with E-state index in [2.05, 4.69) is 12.1 Å². The van der Waals surface area contributed by atoms with Crippen LogP contribution >= 0.6 is 12.4 Å². The molecule has 2 aliphatic rings. The number of nitrogens with zero attached hydrogens (tertiary/aromatic N) is 2. The molecule has 0 spiro atoms. The second-order valence-corrected chi connectivity index (χ2v) is 7.40. The van der Waals surface area contributed by atoms with Crippen LogP contribution in [0, 0.1) is 5.92 Å². The Morgan fingerprint density at radius 2 is 1.81 bits per heavy atom. The molecule has 26 heavy (non-hydrogen) atoms. The van der Waals surface area contributed by atoms with E-state index < -0.39 is 0 Å². The molecule has 6 heteroatoms. The summed E-state index contributed by atoms with van der Waals surface area (Å²) < 4.78 is 7.34. The molecule has 0 bridgehead atoms. The lowest BCUT2D eigenvalue weighted by molar-refractivity contribution is 0.0536. The summed E-state index contributed by atoms with van der Waals surface area (Å²) in [6.07, 6.45) is 5.48. The molecule has 1 amide bonds. The number of ether oxygens (including phenoxy) is 1. The number of benzene rings is 1. The molecule has 1 aromatic carbocycles. The van der Waals surface area contributed by atoms with E-state index >= 15 is 0 Å². The molecule has 1 aliphatic carbocycles. The molecule has 0 unspecified atom stereocenters. The second-order valence-electron chi connectivity index (χ2n) is 7.40. The van der Waals surface area contributed by atoms with Gasteiger partial charge in [-0.2, -0.15) is 0 Å². The lowest BCUT2D eigenvalue weighted by atomic mass is 9.84. The summed E-state index contributed by atoms with van der Waals surface area (Å²) in [4.78, 5) is 15.1. The molecule has 2 N–H and O–H groups in total. The van der Waals surface area contributed by atoms with Crippen molar-refractivity contribution < 1.29 is 9.53 Å². The van der Waals surface area contributed by atoms with Crippen LogP contribution in [0.4, 0.5) is 4.79 Å². The maximum atomic E-state index is 13.2. The minimum Gasteiger partial charge on any atom is -0.378 e. The zero-order valence-electron chi connectivity index (χ0n) is 15.1. The summed E-state index contributed by atoms with van der Waals surface area (Å²) >= 11 is 0. The summed E-state index contributed by atoms with van der Waals surface area (Å²) in [6.45, 7) is 2.59. The van der Waals surface area contributed by atoms with Crippen LogP contribution in [0.2, 0.25) is 0 Å². The average molecular weight is 378 g/mol. The van der Waals surface area contributed by atoms with E-state index in [4.69, 9.17) is 10.5 Å². The highest BCUT2D eigenvalue weighted by Gasteiger charge is 2.25. The van der Waals surface area contributed by atoms with Crippen LogP contribution in [-0.2, 0) is 11.2 Å². The number of morpholine rings is 1. The number of para-hydroxylation sites is 1. The largest absolute Gasteiger partial charge is 0.378 e. The van der Waals surface area contributed by atoms with Gasteiger partial charge in [0.15, 0.2) is 0 Å². The Kier molecular flexibility index (Phi) is 6.22. The molecule has 1 saturated heterocycles. The lowest BCUT2D eigenvalue weighted by Crippen LogP contribution is -2.43. The monoisotopic (exact) mass is 377 g/mol. The molecule has 142 valence electrons. The maximum Gasteiger partial charge on any atom is 0.329 e. The van der Waals surface area contributed by atoms with Gasteiger partial charge in [-0.3, -0.25) is 4.57 Å². The zero-order chi connectivity index (χ0) is 17.2. The van der Waals surface area contributed by atoms with Gasteiger partial charge in [0.1, 0.15) is 0 Å². The molecule has 2 heterocycles. The summed E-state index contributed by atoms with van der Waals surface area (Å²) in [5.41, 5.74) is 8.20. The van der Waals surface area contributed by atoms with Gasteiger partial charge in [0.2, 0.25) is 0 Å². The Balaban J connectivity index is 0.00000196. The minimum atomic E-state index is 0. The first-order valence-corrected chi connectivity index (χ1v) is 9.44. The summed E-state index contributed by atoms with van der Waals surface area (Å²) in [5, 5.41) is 1.15. The number of carbonyl (C=O) groups is 1. The fraction of sp³-hybridized carbons (Fsp3) is 0.550. The molecule has 4 rings (SSSR count). The number of hydrogen-bond acceptors (Lipinski definition) is 3. The molecule has 1 aliphatic heterocycles. The van der Waals surface area contributed by atoms with Crippen LogP contribution in [-0.4, -0.2) is 47.8 Å². The topological polar surface area (TPSA) is 60.5 Å². The van der Waals surface area contributed by atoms with E-state index in [-0.39, 0.29) is 18.4 Å². The predicted molar refractivity (Wildman–Crippen MR) is 106 cm³/mol. The Morgan fingerprint density at radius 1 is 1.12 bits per heavy atom. The number of aromatic nitrogens is 1. The summed E-state index contributed by atoms with van der Waals surface area (Å²) in [7, 11) is 0. The van der Waals surface area contributed by atoms with Crippen LogP contribution in [0.1, 0.15) is 31.4 Å². The fourth-order valence-corrected chi connectivity index (χ4v) is 4.17. The first kappa shape index (κ1) is 19.2. The fourth-order valence-electron chi connectivity index (χ4n) is 4.17. The van der Waals surface area contributed by atoms with E-state index in [1.807, 2.05) is 27.7 Å². The quantitative estimate of drug-likeness (QED) is 0.872. The zero-order valence-corrected chi connectivity index (χ0v) is 15.9. The number of rotatable bonds is 2. The normalized spacial score (nSPS) is 23.7. The second kappa shape index (κ2) is 8.42. The van der Waals surface area contributed by atoms with E-state index in [1.54, 1.807) is 0 Å². The van der Waals surface area contributed by atoms with Crippen LogP contribution in [0.25, 0.3) is 10.9 Å². The van der Waals surface area contributed by atoms with Crippen molar-refractivity contribution in [2.75, 3.05) is 26.3 Å². The average Bonchev–Trinajstić information content (AvgIpc) is 3.01. The molecule has 1 saturated carbocycles. The van der Waals surface area contributed by atoms with Crippen molar-refractivity contribution in [2.24, 2.45) is 11.7 Å². The molecule has 5 nitrogen and oxygen atoms in total. The SMILES string of the molecule is Cl.NC1CCC(Cc2cc3ccccc3n2C(=O)N2CCOCC2)CC1. The highest BCUT2D eigenvalue weighted by molar-refractivity contribution is 5.93. The Morgan fingerprint density at radius 3 is 2.54 bits per heavy atom. The van der Waals surface area contributed by atoms with Crippen molar-refractivity contribution in [1.82, 2.24) is 9.47 Å². The van der Waals surface area contributed by atoms with Gasteiger partial charge in [-0.15, -0.1) is 12.4 Å². The van der Waals surface area contributed by atoms with E-state index in [0.29, 0.717) is 38.3 Å². The van der Waals surface area contributed by atoms with Crippen LogP contribution in [0.5, 0.6) is 0 Å². The lowest BCUT2D eigenvalue weighted by Gasteiger charge is -2.29. The van der Waals surface area contributed by atoms with E-state index in [1.165, 1.54) is 0 Å². The Bertz CT molecular complexity index is 747. The Labute approximate surface area is 160 Å². The molecule has 0 atom stereocenters. The number of hydrogen-bond donors (Lipinski definition) is 1. The number of nitrogens with two attached hydrogens (primary N) is 1. The van der Waals surface area contributed by atoms with Gasteiger partial charge in [-0.25, -0.2) is 4.79 Å². The van der Waals surface area contributed by atoms with Gasteiger partial charge >= 0.3 is 6.03 Å². The number of halogens is 1. The number of carbonyl (C=O) groups excluding carboxylic acids is 1. The van der Waals surface area contributed by atoms with Gasteiger partial charge in [0.25, 0.3) is 0 Å². The van der Waals surface area contributed by atoms with Crippen LogP contribution in [0.15, 0.2) is 30.3 Å². The smallest absolute Gasteiger partial charge is 0.329 e. The van der Waals surface area contributed by atoms with Crippen LogP contribution in [0.3, 0.4) is 0 Å². The van der Waals surface area contributed by atoms with Crippen molar-refractivity contribution in [3.05, 3.63) is 36.0 Å². The highest BCUT2D eigenvalue weighted by Crippen LogP contribution is 2.29. The predicted octanol–water partition coefficient (Wildman–Crippen LogP) is 3.42. The van der Waals surface area contributed by atoms with E-state index in [9.17, 15) is 4.79 Å². The van der Waals surface area contributed by atoms with Gasteiger partial charge in [0.05, 0.1) is 18.7 Å². The number of fused-ring (bicyclic) bond motifs is 1. The van der Waals surface area contributed by atoms with Crippen molar-refractivity contribution >= 4 is 29.3 Å². The molecule has 2 fully saturated rings. The standard InChI is InChI=1S/C20H27N3O2.ClH/c21-17-7-5-15(6-8-17)13-18-14-16-3-1-2-4-19(16)23(18)20(24)22-9-11-25-12-10-22;/h1-4,14-15,17H,5-13,21H2;1H. The van der Waals surface area contributed by atoms with Crippen LogP contribution < -0.4 is 5.73 Å². The van der Waals surface area contributed by atoms with Crippen molar-refractivity contribution in [2.45, 2.75) is 38.1 Å². The molecule has 0 radical (unpaired) electrons. The third kappa shape index (κ3) is 3.90. The highest BCUT2D eigenvalue weighted by atomic mass is 35.5. The van der Waals surface area contributed by atoms with Gasteiger partial charge in [-0.1, -0.05) is 18.2 Å². The van der Waals surface area contributed by atoms with E-state index in [0.717, 1.165) is 48.7 Å². The van der Waals surface area contributed by atoms with Gasteiger partial charge in [0, 0.05) is 30.2 Å². The molecular weight excluding hydrogens is 350 g/mol. The molecule has 1 aromatic heterocycles. The van der Waals surface area contributed by atoms with Gasteiger partial charge < -0.3 is 15.4 Å². The molecule has 2 aromatic rings. The first-order valence-electron chi connectivity index (χ1n) is 9.44. The van der Waals surface area contributed by atoms with Crippen molar-refractivity contribution in [3.8, 4) is 0 Å². The summed E-state index contributed by atoms with van der Waals surface area (Å²) in [6, 6.07) is 10.8. The number of amides is 1. The van der Waals surface area contributed by atoms with Crippen molar-refractivity contribution in [3.63, 3.8) is 0 Å². The maximum absolute atomic E-state index is 13.2. The Hall–Kier alpha value is -1.56.